The van der Waals surface area contributed by atoms with Crippen LogP contribution in [0.5, 0.6) is 34.5 Å². The summed E-state index contributed by atoms with van der Waals surface area (Å²) in [6.07, 6.45) is 0. The van der Waals surface area contributed by atoms with Crippen LogP contribution < -0.4 is 28.4 Å². The fourth-order valence-electron chi connectivity index (χ4n) is 10.4. The summed E-state index contributed by atoms with van der Waals surface area (Å²) in [6, 6.07) is 71.4. The molecule has 0 unspecified atom stereocenters. The van der Waals surface area contributed by atoms with E-state index in [4.69, 9.17) is 28.4 Å². The molecule has 7 heteroatoms. The van der Waals surface area contributed by atoms with Crippen LogP contribution in [0.15, 0.2) is 215 Å². The van der Waals surface area contributed by atoms with Gasteiger partial charge < -0.3 is 28.4 Å². The minimum absolute atomic E-state index is 0.449. The molecule has 9 rings (SSSR count). The fourth-order valence-corrected chi connectivity index (χ4v) is 12.5. The van der Waals surface area contributed by atoms with Crippen molar-refractivity contribution in [3.05, 3.63) is 200 Å². The highest BCUT2D eigenvalue weighted by atomic mass is 32.2. The molecule has 9 aromatic rings. The third-order valence-corrected chi connectivity index (χ3v) is 15.4. The Morgan fingerprint density at radius 2 is 0.353 bits per heavy atom. The van der Waals surface area contributed by atoms with Gasteiger partial charge in [-0.2, -0.15) is 0 Å². The highest BCUT2D eigenvalue weighted by molar-refractivity contribution is 7.97. The Balaban J connectivity index is 1.42. The summed E-state index contributed by atoms with van der Waals surface area (Å²) in [5.41, 5.74) is 9.23. The number of ether oxygens (including phenoxy) is 6. The summed E-state index contributed by atoms with van der Waals surface area (Å²) < 4.78 is 41.1. The average Bonchev–Trinajstić information content (AvgIpc) is 1.56. The molecule has 0 aromatic heterocycles. The molecule has 0 spiro atoms. The lowest BCUT2D eigenvalue weighted by Crippen LogP contribution is -2.23. The molecule has 0 bridgehead atoms. The lowest BCUT2D eigenvalue weighted by molar-refractivity contribution is 0.131. The number of hydrogen-bond donors (Lipinski definition) is 0. The molecular weight excluding hydrogens is 1060 g/mol. The zero-order valence-corrected chi connectivity index (χ0v) is 54.2. The van der Waals surface area contributed by atoms with Crippen LogP contribution in [0.1, 0.15) is 125 Å². The monoisotopic (exact) mass is 1150 g/mol. The van der Waals surface area contributed by atoms with E-state index in [1.165, 1.54) is 0 Å². The highest BCUT2D eigenvalue weighted by Crippen LogP contribution is 2.50. The molecular formula is C78H87O6S+. The van der Waals surface area contributed by atoms with Gasteiger partial charge in [-0.25, -0.2) is 0 Å². The minimum Gasteiger partial charge on any atom is -0.488 e. The van der Waals surface area contributed by atoms with Crippen LogP contribution in [0, 0.1) is 0 Å². The summed E-state index contributed by atoms with van der Waals surface area (Å²) in [7, 11) is -0.818. The third-order valence-electron chi connectivity index (χ3n) is 13.2. The Hall–Kier alpha value is -7.87. The van der Waals surface area contributed by atoms with Gasteiger partial charge in [0.15, 0.2) is 14.7 Å². The van der Waals surface area contributed by atoms with Crippen LogP contribution in [-0.4, -0.2) is 33.6 Å². The van der Waals surface area contributed by atoms with Gasteiger partial charge in [-0.05, 0) is 231 Å². The van der Waals surface area contributed by atoms with E-state index in [0.29, 0.717) is 0 Å². The van der Waals surface area contributed by atoms with Gasteiger partial charge in [-0.3, -0.25) is 0 Å². The van der Waals surface area contributed by atoms with Crippen LogP contribution in [0.3, 0.4) is 0 Å². The second kappa shape index (κ2) is 24.2. The molecule has 9 aromatic carbocycles. The number of para-hydroxylation sites is 6. The van der Waals surface area contributed by atoms with Crippen molar-refractivity contribution in [2.75, 3.05) is 0 Å². The van der Waals surface area contributed by atoms with E-state index in [2.05, 4.69) is 307 Å². The summed E-state index contributed by atoms with van der Waals surface area (Å²) in [5.74, 6) is 4.78. The van der Waals surface area contributed by atoms with Gasteiger partial charge in [-0.1, -0.05) is 109 Å². The van der Waals surface area contributed by atoms with Gasteiger partial charge in [0.25, 0.3) is 0 Å². The van der Waals surface area contributed by atoms with Crippen molar-refractivity contribution in [1.29, 1.82) is 0 Å². The van der Waals surface area contributed by atoms with Crippen LogP contribution in [0.2, 0.25) is 0 Å². The maximum absolute atomic E-state index is 6.90. The lowest BCUT2D eigenvalue weighted by atomic mass is 9.93. The van der Waals surface area contributed by atoms with Crippen molar-refractivity contribution in [2.24, 2.45) is 0 Å². The smallest absolute Gasteiger partial charge is 0.167 e. The zero-order valence-electron chi connectivity index (χ0n) is 53.4. The molecule has 0 radical (unpaired) electrons. The SMILES string of the molecule is CC(C)(C)Oc1ccccc1-c1ccc([S+](c2ccc(-c3ccccc3OC(C)(C)C)c(-c3ccccc3OC(C)(C)C)c2)c2ccc(-c3ccccc3OC(C)(C)C)c(-c3ccccc3OC(C)(C)C)c2)cc1-c1ccccc1OC(C)(C)C. The third kappa shape index (κ3) is 15.7. The number of rotatable bonds is 15. The van der Waals surface area contributed by atoms with E-state index in [9.17, 15) is 0 Å². The zero-order chi connectivity index (χ0) is 61.3. The first-order valence-electron chi connectivity index (χ1n) is 29.7. The van der Waals surface area contributed by atoms with Gasteiger partial charge in [0.2, 0.25) is 0 Å². The first-order valence-corrected chi connectivity index (χ1v) is 31.0. The Labute approximate surface area is 510 Å². The van der Waals surface area contributed by atoms with Crippen LogP contribution in [0.4, 0.5) is 0 Å². The van der Waals surface area contributed by atoms with Crippen molar-refractivity contribution in [3.63, 3.8) is 0 Å². The van der Waals surface area contributed by atoms with Crippen molar-refractivity contribution in [2.45, 2.75) is 173 Å². The molecule has 0 saturated carbocycles. The molecule has 0 atom stereocenters. The van der Waals surface area contributed by atoms with Gasteiger partial charge in [0, 0.05) is 51.6 Å². The Bertz CT molecular complexity index is 3410. The molecule has 0 amide bonds. The van der Waals surface area contributed by atoms with Gasteiger partial charge in [0.1, 0.15) is 68.1 Å². The summed E-state index contributed by atoms with van der Waals surface area (Å²) in [6.45, 7) is 37.8. The quantitative estimate of drug-likeness (QED) is 0.0954. The molecule has 0 fully saturated rings. The molecule has 0 heterocycles. The fraction of sp³-hybridized carbons (Fsp3) is 0.308. The van der Waals surface area contributed by atoms with E-state index in [0.717, 1.165) is 116 Å². The van der Waals surface area contributed by atoms with Crippen LogP contribution >= 0.6 is 0 Å². The lowest BCUT2D eigenvalue weighted by Gasteiger charge is -2.26. The second-order valence-electron chi connectivity index (χ2n) is 27.7. The van der Waals surface area contributed by atoms with Crippen LogP contribution in [-0.2, 0) is 10.9 Å². The summed E-state index contributed by atoms with van der Waals surface area (Å²) in [5, 5.41) is 0. The van der Waals surface area contributed by atoms with E-state index < -0.39 is 44.5 Å². The normalized spacial score (nSPS) is 12.5. The topological polar surface area (TPSA) is 55.4 Å². The first-order chi connectivity index (χ1) is 39.9. The van der Waals surface area contributed by atoms with Gasteiger partial charge >= 0.3 is 0 Å². The number of benzene rings is 9. The van der Waals surface area contributed by atoms with Crippen molar-refractivity contribution >= 4 is 10.9 Å². The number of hydrogen-bond acceptors (Lipinski definition) is 6. The molecule has 0 aliphatic carbocycles. The standard InChI is InChI=1S/C78H87O6S/c1-73(2,3)79-67-37-25-19-31-58(67)55-46-43-52(49-64(55)61-34-22-28-40-70(61)82-76(10,11)12)85(53-44-47-56(59-32-20-26-38-68(59)80-74(4,5)6)65(50-53)62-35-23-29-41-71(62)83-77(13,14)15)54-45-48-57(60-33-21-27-39-69(60)81-75(7,8)9)66(51-54)63-36-24-30-42-72(63)84-78(16,17)18/h19-51H,1-18H3/q+1. The first kappa shape index (κ1) is 61.7. The average molecular weight is 1150 g/mol. The summed E-state index contributed by atoms with van der Waals surface area (Å²) >= 11 is 0. The molecule has 0 N–H and O–H groups in total. The van der Waals surface area contributed by atoms with Crippen molar-refractivity contribution < 1.29 is 28.4 Å². The molecule has 0 aliphatic heterocycles. The van der Waals surface area contributed by atoms with E-state index >= 15 is 0 Å². The van der Waals surface area contributed by atoms with Gasteiger partial charge in [-0.15, -0.1) is 0 Å². The van der Waals surface area contributed by atoms with Crippen LogP contribution in [0.25, 0.3) is 66.8 Å². The van der Waals surface area contributed by atoms with Gasteiger partial charge in [0.05, 0.1) is 10.9 Å². The molecule has 440 valence electrons. The molecule has 85 heavy (non-hydrogen) atoms. The minimum atomic E-state index is -0.818. The maximum Gasteiger partial charge on any atom is 0.167 e. The Morgan fingerprint density at radius 1 is 0.188 bits per heavy atom. The van der Waals surface area contributed by atoms with Crippen molar-refractivity contribution in [1.82, 2.24) is 0 Å². The maximum atomic E-state index is 6.90. The predicted molar refractivity (Wildman–Crippen MR) is 356 cm³/mol. The van der Waals surface area contributed by atoms with E-state index in [1.807, 2.05) is 18.2 Å². The van der Waals surface area contributed by atoms with E-state index in [-0.39, 0.29) is 0 Å². The largest absolute Gasteiger partial charge is 0.488 e. The van der Waals surface area contributed by atoms with E-state index in [1.54, 1.807) is 0 Å². The summed E-state index contributed by atoms with van der Waals surface area (Å²) in [4.78, 5) is 3.30. The predicted octanol–water partition coefficient (Wildman–Crippen LogP) is 21.8. The molecule has 0 saturated heterocycles. The van der Waals surface area contributed by atoms with Crippen molar-refractivity contribution in [3.8, 4) is 101 Å². The Morgan fingerprint density at radius 3 is 0.529 bits per heavy atom. The Kier molecular flexibility index (Phi) is 17.6. The highest BCUT2D eigenvalue weighted by Gasteiger charge is 2.35. The molecule has 0 aliphatic rings. The molecule has 6 nitrogen and oxygen atoms in total. The second-order valence-corrected chi connectivity index (χ2v) is 29.7.